The lowest BCUT2D eigenvalue weighted by atomic mass is 10.3. The summed E-state index contributed by atoms with van der Waals surface area (Å²) in [6.07, 6.45) is -1.15. The highest BCUT2D eigenvalue weighted by atomic mass is 16.8. The molecule has 1 unspecified atom stereocenters. The summed E-state index contributed by atoms with van der Waals surface area (Å²) in [6, 6.07) is 0. The number of nitrogens with zero attached hydrogens (tertiary/aromatic N) is 1. The number of hydrogen-bond donors (Lipinski definition) is 2. The summed E-state index contributed by atoms with van der Waals surface area (Å²) in [6.45, 7) is 1.16. The molecule has 0 spiro atoms. The van der Waals surface area contributed by atoms with Gasteiger partial charge in [0.05, 0.1) is 19.6 Å². The number of aliphatic hydroxyl groups is 2. The monoisotopic (exact) mass is 277 g/mol. The van der Waals surface area contributed by atoms with Crippen molar-refractivity contribution in [3.05, 3.63) is 0 Å². The third-order valence-corrected chi connectivity index (χ3v) is 2.54. The first-order chi connectivity index (χ1) is 9.15. The van der Waals surface area contributed by atoms with Crippen molar-refractivity contribution in [3.8, 4) is 0 Å². The van der Waals surface area contributed by atoms with E-state index >= 15 is 0 Å². The molecule has 1 atom stereocenters. The van der Waals surface area contributed by atoms with Gasteiger partial charge in [-0.3, -0.25) is 9.69 Å². The number of carbonyl (C=O) groups excluding carboxylic acids is 2. The molecule has 1 heterocycles. The molecule has 19 heavy (non-hydrogen) atoms. The van der Waals surface area contributed by atoms with E-state index in [2.05, 4.69) is 4.74 Å². The van der Waals surface area contributed by atoms with Gasteiger partial charge in [0.1, 0.15) is 13.2 Å². The molecule has 2 N–H and O–H groups in total. The van der Waals surface area contributed by atoms with Crippen LogP contribution < -0.4 is 0 Å². The molecule has 0 bridgehead atoms. The lowest BCUT2D eigenvalue weighted by Gasteiger charge is -2.19. The quantitative estimate of drug-likeness (QED) is 0.503. The Morgan fingerprint density at radius 2 is 2.00 bits per heavy atom. The Kier molecular flexibility index (Phi) is 7.16. The molecule has 1 saturated heterocycles. The highest BCUT2D eigenvalue weighted by Gasteiger charge is 2.26. The van der Waals surface area contributed by atoms with Crippen LogP contribution in [0.5, 0.6) is 0 Å². The number of hydrogen-bond acceptors (Lipinski definition) is 8. The summed E-state index contributed by atoms with van der Waals surface area (Å²) in [7, 11) is 0. The van der Waals surface area contributed by atoms with Crippen molar-refractivity contribution in [2.75, 3.05) is 46.1 Å². The van der Waals surface area contributed by atoms with Crippen LogP contribution in [-0.4, -0.2) is 79.4 Å². The molecule has 1 fully saturated rings. The second-order valence-electron chi connectivity index (χ2n) is 4.02. The van der Waals surface area contributed by atoms with Gasteiger partial charge in [0.2, 0.25) is 0 Å². The van der Waals surface area contributed by atoms with Crippen molar-refractivity contribution in [2.24, 2.45) is 0 Å². The highest BCUT2D eigenvalue weighted by molar-refractivity contribution is 5.69. The predicted octanol–water partition coefficient (Wildman–Crippen LogP) is -1.26. The van der Waals surface area contributed by atoms with Crippen LogP contribution in [0.25, 0.3) is 0 Å². The second-order valence-corrected chi connectivity index (χ2v) is 4.02. The number of carbonyl (C=O) groups is 2. The topological polar surface area (TPSA) is 106 Å². The number of rotatable bonds is 9. The van der Waals surface area contributed by atoms with Crippen molar-refractivity contribution in [3.63, 3.8) is 0 Å². The first-order valence-corrected chi connectivity index (χ1v) is 6.08. The molecular weight excluding hydrogens is 258 g/mol. The van der Waals surface area contributed by atoms with Gasteiger partial charge in [0, 0.05) is 19.6 Å². The molecule has 1 rings (SSSR count). The maximum absolute atomic E-state index is 11.4. The number of aliphatic hydroxyl groups excluding tert-OH is 2. The van der Waals surface area contributed by atoms with E-state index < -0.39 is 18.2 Å². The molecule has 0 amide bonds. The minimum atomic E-state index is -0.752. The number of ether oxygens (including phenoxy) is 3. The Morgan fingerprint density at radius 3 is 2.53 bits per heavy atom. The molecule has 0 radical (unpaired) electrons. The zero-order valence-corrected chi connectivity index (χ0v) is 10.6. The van der Waals surface area contributed by atoms with Gasteiger partial charge in [-0.2, -0.15) is 0 Å². The SMILES string of the molecule is O=C(CCN(CCO)CCO)OCC1COC(=O)O1. The largest absolute Gasteiger partial charge is 0.508 e. The van der Waals surface area contributed by atoms with Crippen LogP contribution in [0.4, 0.5) is 4.79 Å². The lowest BCUT2D eigenvalue weighted by molar-refractivity contribution is -0.146. The van der Waals surface area contributed by atoms with Crippen LogP contribution in [0.15, 0.2) is 0 Å². The summed E-state index contributed by atoms with van der Waals surface area (Å²) >= 11 is 0. The molecule has 8 nitrogen and oxygen atoms in total. The van der Waals surface area contributed by atoms with E-state index in [9.17, 15) is 9.59 Å². The molecule has 1 aliphatic heterocycles. The summed E-state index contributed by atoms with van der Waals surface area (Å²) in [4.78, 5) is 23.8. The summed E-state index contributed by atoms with van der Waals surface area (Å²) in [5, 5.41) is 17.6. The summed E-state index contributed by atoms with van der Waals surface area (Å²) < 4.78 is 14.2. The van der Waals surface area contributed by atoms with Gasteiger partial charge in [0.25, 0.3) is 0 Å². The van der Waals surface area contributed by atoms with Gasteiger partial charge in [-0.25, -0.2) is 4.79 Å². The Balaban J connectivity index is 2.14. The fourth-order valence-electron chi connectivity index (χ4n) is 1.57. The van der Waals surface area contributed by atoms with Crippen molar-refractivity contribution < 1.29 is 34.0 Å². The van der Waals surface area contributed by atoms with E-state index in [4.69, 9.17) is 19.7 Å². The third kappa shape index (κ3) is 6.37. The van der Waals surface area contributed by atoms with Crippen LogP contribution in [-0.2, 0) is 19.0 Å². The zero-order valence-electron chi connectivity index (χ0n) is 10.6. The molecule has 0 aromatic carbocycles. The number of esters is 1. The van der Waals surface area contributed by atoms with Gasteiger partial charge < -0.3 is 24.4 Å². The fourth-order valence-corrected chi connectivity index (χ4v) is 1.57. The van der Waals surface area contributed by atoms with E-state index in [0.717, 1.165) is 0 Å². The van der Waals surface area contributed by atoms with E-state index in [0.29, 0.717) is 19.6 Å². The predicted molar refractivity (Wildman–Crippen MR) is 62.4 cm³/mol. The minimum Gasteiger partial charge on any atom is -0.462 e. The average Bonchev–Trinajstić information content (AvgIpc) is 2.80. The summed E-state index contributed by atoms with van der Waals surface area (Å²) in [5.41, 5.74) is 0. The Hall–Kier alpha value is -1.38. The van der Waals surface area contributed by atoms with Crippen LogP contribution >= 0.6 is 0 Å². The molecule has 110 valence electrons. The third-order valence-electron chi connectivity index (χ3n) is 2.54. The van der Waals surface area contributed by atoms with Crippen LogP contribution in [0.1, 0.15) is 6.42 Å². The Bertz CT molecular complexity index is 291. The van der Waals surface area contributed by atoms with Gasteiger partial charge in [0.15, 0.2) is 6.10 Å². The lowest BCUT2D eigenvalue weighted by Crippen LogP contribution is -2.32. The second kappa shape index (κ2) is 8.68. The standard InChI is InChI=1S/C11H19NO7/c13-5-3-12(4-6-14)2-1-10(15)17-7-9-8-18-11(16)19-9/h9,13-14H,1-8H2. The van der Waals surface area contributed by atoms with E-state index in [1.165, 1.54) is 0 Å². The van der Waals surface area contributed by atoms with Crippen molar-refractivity contribution in [1.29, 1.82) is 0 Å². The minimum absolute atomic E-state index is 0.0232. The van der Waals surface area contributed by atoms with Gasteiger partial charge in [-0.15, -0.1) is 0 Å². The molecular formula is C11H19NO7. The van der Waals surface area contributed by atoms with Crippen LogP contribution in [0.3, 0.4) is 0 Å². The van der Waals surface area contributed by atoms with Crippen molar-refractivity contribution in [2.45, 2.75) is 12.5 Å². The van der Waals surface area contributed by atoms with Crippen LogP contribution in [0.2, 0.25) is 0 Å². The smallest absolute Gasteiger partial charge is 0.462 e. The van der Waals surface area contributed by atoms with Gasteiger partial charge in [-0.1, -0.05) is 0 Å². The van der Waals surface area contributed by atoms with Gasteiger partial charge in [-0.05, 0) is 0 Å². The summed E-state index contributed by atoms with van der Waals surface area (Å²) in [5.74, 6) is -0.427. The van der Waals surface area contributed by atoms with E-state index in [1.807, 2.05) is 0 Å². The fraction of sp³-hybridized carbons (Fsp3) is 0.818. The first-order valence-electron chi connectivity index (χ1n) is 6.08. The zero-order chi connectivity index (χ0) is 14.1. The average molecular weight is 277 g/mol. The van der Waals surface area contributed by atoms with Crippen molar-refractivity contribution in [1.82, 2.24) is 4.90 Å². The molecule has 0 aliphatic carbocycles. The van der Waals surface area contributed by atoms with Crippen LogP contribution in [0, 0.1) is 0 Å². The molecule has 1 aliphatic rings. The molecule has 0 aromatic heterocycles. The normalized spacial score (nSPS) is 18.3. The Morgan fingerprint density at radius 1 is 1.32 bits per heavy atom. The molecule has 0 saturated carbocycles. The first kappa shape index (κ1) is 15.7. The molecule has 0 aromatic rings. The van der Waals surface area contributed by atoms with Crippen molar-refractivity contribution >= 4 is 12.1 Å². The maximum atomic E-state index is 11.4. The van der Waals surface area contributed by atoms with Gasteiger partial charge >= 0.3 is 12.1 Å². The van der Waals surface area contributed by atoms with E-state index in [1.54, 1.807) is 4.90 Å². The van der Waals surface area contributed by atoms with E-state index in [-0.39, 0.29) is 32.8 Å². The highest BCUT2D eigenvalue weighted by Crippen LogP contribution is 2.06. The number of cyclic esters (lactones) is 2. The Labute approximate surface area is 110 Å². The maximum Gasteiger partial charge on any atom is 0.508 e. The molecule has 8 heteroatoms.